The Labute approximate surface area is 417 Å². The molecule has 1 aliphatic heterocycles. The van der Waals surface area contributed by atoms with Crippen LogP contribution in [0.1, 0.15) is 44.5 Å². The fraction of sp³-hybridized carbons (Fsp3) is 0.275. The molecule has 1 aliphatic rings. The number of fused-ring (bicyclic) bond motifs is 1. The van der Waals surface area contributed by atoms with Crippen molar-refractivity contribution in [2.75, 3.05) is 45.7 Å². The van der Waals surface area contributed by atoms with E-state index < -0.39 is 41.4 Å². The number of benzene rings is 5. The van der Waals surface area contributed by atoms with Crippen LogP contribution >= 0.6 is 43.9 Å². The Balaban J connectivity index is 1.05. The number of thiazole rings is 1. The molecule has 0 saturated carbocycles. The van der Waals surface area contributed by atoms with E-state index >= 15 is 0 Å². The third-order valence-corrected chi connectivity index (χ3v) is 23.7. The Bertz CT molecular complexity index is 2740. The molecule has 7 rings (SSSR count). The third-order valence-electron chi connectivity index (χ3n) is 11.4. The molecule has 1 aromatic heterocycles. The van der Waals surface area contributed by atoms with E-state index in [2.05, 4.69) is 93.3 Å². The molecule has 6 aromatic rings. The molecule has 0 spiro atoms. The number of ether oxygens (including phenoxy) is 5. The van der Waals surface area contributed by atoms with E-state index in [1.807, 2.05) is 18.2 Å². The first-order valence-electron chi connectivity index (χ1n) is 22.3. The number of aromatic nitrogens is 1. The number of likely N-dealkylation sites (N-methyl/N-ethyl adjacent to an activating group) is 1. The van der Waals surface area contributed by atoms with Gasteiger partial charge in [-0.2, -0.15) is 0 Å². The molecule has 18 heteroatoms. The second-order valence-electron chi connectivity index (χ2n) is 16.2. The van der Waals surface area contributed by atoms with E-state index in [-0.39, 0.29) is 30.3 Å². The van der Waals surface area contributed by atoms with Crippen molar-refractivity contribution >= 4 is 105 Å². The first-order chi connectivity index (χ1) is 33.2. The zero-order valence-electron chi connectivity index (χ0n) is 38.6. The quantitative estimate of drug-likeness (QED) is 0.0327. The number of carbonyl (C=O) groups excluding carboxylic acids is 5. The smallest absolute Gasteiger partial charge is 0.259 e. The molecule has 360 valence electrons. The van der Waals surface area contributed by atoms with Crippen molar-refractivity contribution in [2.45, 2.75) is 45.6 Å². The molecule has 1 atom stereocenters. The van der Waals surface area contributed by atoms with Gasteiger partial charge >= 0.3 is 274 Å². The number of esters is 3. The van der Waals surface area contributed by atoms with Crippen molar-refractivity contribution in [2.24, 2.45) is 4.99 Å². The maximum atomic E-state index is 14.1. The average molecular weight is 1060 g/mol. The summed E-state index contributed by atoms with van der Waals surface area (Å²) >= 11 is 7.37. The van der Waals surface area contributed by atoms with Gasteiger partial charge in [0.25, 0.3) is 0 Å². The molecule has 0 unspecified atom stereocenters. The minimum absolute atomic E-state index is 0.0116. The first-order valence-corrected chi connectivity index (χ1v) is 28.5. The van der Waals surface area contributed by atoms with Gasteiger partial charge in [-0.25, -0.2) is 9.78 Å². The van der Waals surface area contributed by atoms with Crippen LogP contribution in [0.2, 0.25) is 0 Å². The van der Waals surface area contributed by atoms with Gasteiger partial charge in [0.1, 0.15) is 15.8 Å². The zero-order chi connectivity index (χ0) is 49.0. The van der Waals surface area contributed by atoms with Crippen LogP contribution in [0, 0.1) is 0 Å². The van der Waals surface area contributed by atoms with E-state index in [9.17, 15) is 24.0 Å². The Kier molecular flexibility index (Phi) is 16.9. The van der Waals surface area contributed by atoms with Gasteiger partial charge in [0, 0.05) is 25.7 Å². The fourth-order valence-electron chi connectivity index (χ4n) is 7.95. The molecule has 5 aromatic carbocycles. The monoisotopic (exact) mass is 1050 g/mol. The zero-order valence-corrected chi connectivity index (χ0v) is 42.7. The van der Waals surface area contributed by atoms with Gasteiger partial charge in [-0.15, -0.1) is 23.1 Å². The number of unbranched alkanes of at least 4 members (excludes halogenated alkanes) is 3. The van der Waals surface area contributed by atoms with Crippen LogP contribution in [0.15, 0.2) is 132 Å². The number of amides is 2. The van der Waals surface area contributed by atoms with Gasteiger partial charge in [0.15, 0.2) is 17.5 Å². The summed E-state index contributed by atoms with van der Waals surface area (Å²) in [6.07, 6.45) is 2.85. The molecule has 0 N–H and O–H groups in total. The Hall–Kier alpha value is -6.13. The first kappa shape index (κ1) is 50.7. The fourth-order valence-corrected chi connectivity index (χ4v) is 17.8. The third kappa shape index (κ3) is 12.2. The van der Waals surface area contributed by atoms with Gasteiger partial charge in [0.2, 0.25) is 0 Å². The Morgan fingerprint density at radius 3 is 1.84 bits per heavy atom. The van der Waals surface area contributed by atoms with Gasteiger partial charge in [-0.05, 0) is 12.1 Å². The van der Waals surface area contributed by atoms with Crippen LogP contribution < -0.4 is 34.9 Å². The number of hydrogen-bond donors (Lipinski definition) is 0. The predicted molar refractivity (Wildman–Crippen MR) is 277 cm³/mol. The number of nitrogens with zero attached hydrogens (tertiary/aromatic N) is 4. The van der Waals surface area contributed by atoms with Crippen LogP contribution in [0.4, 0.5) is 9.59 Å². The van der Waals surface area contributed by atoms with Crippen molar-refractivity contribution in [3.63, 3.8) is 0 Å². The summed E-state index contributed by atoms with van der Waals surface area (Å²) in [5, 5.41) is 1.98. The summed E-state index contributed by atoms with van der Waals surface area (Å²) in [6.45, 7) is 2.96. The van der Waals surface area contributed by atoms with Gasteiger partial charge in [-0.3, -0.25) is 14.6 Å². The number of aliphatic imine (C=N–C) groups is 1. The van der Waals surface area contributed by atoms with Crippen LogP contribution in [-0.4, -0.2) is 102 Å². The second kappa shape index (κ2) is 23.0. The van der Waals surface area contributed by atoms with Crippen LogP contribution in [0.5, 0.6) is 23.0 Å². The number of rotatable bonds is 19. The van der Waals surface area contributed by atoms with Crippen molar-refractivity contribution in [3.05, 3.63) is 132 Å². The summed E-state index contributed by atoms with van der Waals surface area (Å²) in [5.41, 5.74) is 0.696. The van der Waals surface area contributed by atoms with Crippen LogP contribution in [0.3, 0.4) is 0 Å². The van der Waals surface area contributed by atoms with Crippen molar-refractivity contribution in [3.8, 4) is 23.0 Å². The summed E-state index contributed by atoms with van der Waals surface area (Å²) in [5.74, 6) is -0.942. The minimum Gasteiger partial charge on any atom is -0.259 e. The predicted octanol–water partition coefficient (Wildman–Crippen LogP) is 9.51. The van der Waals surface area contributed by atoms with Gasteiger partial charge in [0.05, 0.1) is 12.6 Å². The van der Waals surface area contributed by atoms with E-state index in [1.54, 1.807) is 30.1 Å². The molecule has 2 heterocycles. The van der Waals surface area contributed by atoms with Crippen LogP contribution in [-0.2, 0) is 19.1 Å². The normalized spacial score (nSPS) is 13.9. The maximum absolute atomic E-state index is 14.1. The van der Waals surface area contributed by atoms with E-state index in [4.69, 9.17) is 28.7 Å². The number of thioether (sulfide) groups is 1. The molecule has 0 bridgehead atoms. The van der Waals surface area contributed by atoms with Gasteiger partial charge < -0.3 is 14.2 Å². The summed E-state index contributed by atoms with van der Waals surface area (Å²) < 4.78 is 27.5. The molecule has 0 saturated heterocycles. The number of carbonyl (C=O) groups is 5. The summed E-state index contributed by atoms with van der Waals surface area (Å²) in [4.78, 5) is 75.0. The molecule has 69 heavy (non-hydrogen) atoms. The number of halogens is 1. The summed E-state index contributed by atoms with van der Waals surface area (Å²) in [6, 6.07) is 40.7. The van der Waals surface area contributed by atoms with Crippen molar-refractivity contribution in [1.82, 2.24) is 14.8 Å². The van der Waals surface area contributed by atoms with E-state index in [1.165, 1.54) is 83.1 Å². The minimum atomic E-state index is -3.10. The van der Waals surface area contributed by atoms with Crippen molar-refractivity contribution in [1.29, 1.82) is 0 Å². The molecule has 14 nitrogen and oxygen atoms in total. The second-order valence-corrected chi connectivity index (χ2v) is 27.3. The summed E-state index contributed by atoms with van der Waals surface area (Å²) in [7, 11) is 2.88. The number of methoxy groups -OCH3 is 1. The standard InChI is InChI=1S/C51H52BrN4O10PS2/c1-35(57)63-44-27-25-37(32-45(44)64-36(2)58)65-50(60)55(3)29-30-56(51(61)66-38-24-26-42-46(33-38)69-48(53-42)47-54-43(34-68-47)49(59)62-4)28-16-5-6-17-31-67(52,39-18-10-7-11-19-39,40-20-12-8-13-21-40)41-22-14-9-15-23-41/h7-15,18-27,32-33,43H,5-6,16-17,28-31,34H2,1-4H3/t43-/m1/s1. The van der Waals surface area contributed by atoms with Crippen molar-refractivity contribution < 1.29 is 47.7 Å². The SMILES string of the molecule is COC(=O)[C@H]1CSC(c2nc3ccc(OC(=O)N(CCCCCCP(Br)(c4ccccc4)(c4ccccc4)c4ccccc4)CCN(C)C(=O)Oc4ccc(OC(C)=O)c(OC(C)=O)c4)cc3s2)=N1. The molecular formula is C51H52BrN4O10PS2. The topological polar surface area (TPSA) is 163 Å². The molecule has 0 fully saturated rings. The van der Waals surface area contributed by atoms with Crippen LogP contribution in [0.25, 0.3) is 10.2 Å². The van der Waals surface area contributed by atoms with E-state index in [0.717, 1.165) is 30.1 Å². The van der Waals surface area contributed by atoms with E-state index in [0.29, 0.717) is 40.0 Å². The molecule has 2 amide bonds. The number of hydrogen-bond acceptors (Lipinski definition) is 14. The Morgan fingerprint density at radius 2 is 1.23 bits per heavy atom. The average Bonchev–Trinajstić information content (AvgIpc) is 4.03. The Morgan fingerprint density at radius 1 is 0.667 bits per heavy atom. The molecular weight excluding hydrogens is 1000 g/mol. The molecule has 0 aliphatic carbocycles. The van der Waals surface area contributed by atoms with Gasteiger partial charge in [-0.1, -0.05) is 0 Å². The molecule has 0 radical (unpaired) electrons.